The van der Waals surface area contributed by atoms with Crippen LogP contribution in [0.4, 0.5) is 0 Å². The first-order chi connectivity index (χ1) is 12.8. The van der Waals surface area contributed by atoms with Crippen molar-refractivity contribution in [3.8, 4) is 0 Å². The van der Waals surface area contributed by atoms with Crippen molar-refractivity contribution >= 4 is 23.5 Å². The lowest BCUT2D eigenvalue weighted by Crippen LogP contribution is -2.15. The zero-order valence-electron chi connectivity index (χ0n) is 16.5. The largest absolute Gasteiger partial charge is 0.383 e. The van der Waals surface area contributed by atoms with Crippen molar-refractivity contribution in [2.24, 2.45) is 12.8 Å². The smallest absolute Gasteiger partial charge is 0.217 e. The average molecular weight is 394 g/mol. The highest BCUT2D eigenvalue weighted by molar-refractivity contribution is 7.99. The standard InChI is InChI=1S/C18H27N5O3S/c1-11-8-14(13(3)23(11)12(2)9-26-5)15(24)10-27-18-21-20-17(22(18)4)7-6-16(19)25/h8,12H,6-7,9-10H2,1-5H3,(H2,19,25)/t12-/m0/s1. The molecule has 0 radical (unpaired) electrons. The number of aryl methyl sites for hydroxylation is 2. The Morgan fingerprint density at radius 3 is 2.67 bits per heavy atom. The molecule has 0 bridgehead atoms. The summed E-state index contributed by atoms with van der Waals surface area (Å²) in [7, 11) is 3.49. The minimum absolute atomic E-state index is 0.0469. The summed E-state index contributed by atoms with van der Waals surface area (Å²) in [5, 5.41) is 8.82. The highest BCUT2D eigenvalue weighted by Crippen LogP contribution is 2.24. The molecule has 1 amide bonds. The number of ether oxygens (including phenoxy) is 1. The monoisotopic (exact) mass is 393 g/mol. The molecule has 2 heterocycles. The van der Waals surface area contributed by atoms with Crippen LogP contribution in [0.15, 0.2) is 11.2 Å². The summed E-state index contributed by atoms with van der Waals surface area (Å²) in [5.74, 6) is 0.617. The van der Waals surface area contributed by atoms with Crippen molar-refractivity contribution in [1.82, 2.24) is 19.3 Å². The molecule has 27 heavy (non-hydrogen) atoms. The number of amides is 1. The van der Waals surface area contributed by atoms with E-state index in [2.05, 4.69) is 21.7 Å². The molecule has 148 valence electrons. The fourth-order valence-corrected chi connectivity index (χ4v) is 4.00. The second kappa shape index (κ2) is 9.18. The summed E-state index contributed by atoms with van der Waals surface area (Å²) in [6.07, 6.45) is 0.660. The lowest BCUT2D eigenvalue weighted by atomic mass is 10.2. The summed E-state index contributed by atoms with van der Waals surface area (Å²) in [4.78, 5) is 23.7. The molecule has 2 aromatic heterocycles. The molecule has 0 saturated heterocycles. The highest BCUT2D eigenvalue weighted by Gasteiger charge is 2.20. The van der Waals surface area contributed by atoms with E-state index in [0.29, 0.717) is 24.0 Å². The molecule has 1 atom stereocenters. The number of nitrogens with zero attached hydrogens (tertiary/aromatic N) is 4. The van der Waals surface area contributed by atoms with Gasteiger partial charge in [0.25, 0.3) is 0 Å². The molecule has 2 rings (SSSR count). The van der Waals surface area contributed by atoms with Crippen LogP contribution < -0.4 is 5.73 Å². The summed E-state index contributed by atoms with van der Waals surface area (Å²) in [6.45, 7) is 6.61. The molecule has 0 aromatic carbocycles. The summed E-state index contributed by atoms with van der Waals surface area (Å²) >= 11 is 1.34. The number of carbonyl (C=O) groups excluding carboxylic acids is 2. The second-order valence-electron chi connectivity index (χ2n) is 6.60. The topological polar surface area (TPSA) is 105 Å². The van der Waals surface area contributed by atoms with Gasteiger partial charge in [-0.15, -0.1) is 10.2 Å². The number of ketones is 1. The SMILES string of the molecule is COC[C@H](C)n1c(C)cc(C(=O)CSc2nnc(CCC(N)=O)n2C)c1C. The number of rotatable bonds is 10. The maximum absolute atomic E-state index is 12.7. The van der Waals surface area contributed by atoms with Crippen molar-refractivity contribution in [3.63, 3.8) is 0 Å². The normalized spacial score (nSPS) is 12.3. The molecule has 0 spiro atoms. The van der Waals surface area contributed by atoms with Crippen LogP contribution in [0.5, 0.6) is 0 Å². The maximum atomic E-state index is 12.7. The Morgan fingerprint density at radius 2 is 2.04 bits per heavy atom. The van der Waals surface area contributed by atoms with Crippen molar-refractivity contribution in [2.45, 2.75) is 44.8 Å². The van der Waals surface area contributed by atoms with Crippen LogP contribution in [0.2, 0.25) is 0 Å². The number of methoxy groups -OCH3 is 1. The van der Waals surface area contributed by atoms with Gasteiger partial charge in [0, 0.05) is 44.0 Å². The summed E-state index contributed by atoms with van der Waals surface area (Å²) in [5.41, 5.74) is 7.88. The van der Waals surface area contributed by atoms with Gasteiger partial charge in [0.1, 0.15) is 5.82 Å². The number of thioether (sulfide) groups is 1. The number of carbonyl (C=O) groups is 2. The molecule has 0 unspecified atom stereocenters. The quantitative estimate of drug-likeness (QED) is 0.488. The summed E-state index contributed by atoms with van der Waals surface area (Å²) in [6, 6.07) is 2.09. The van der Waals surface area contributed by atoms with E-state index in [4.69, 9.17) is 10.5 Å². The first-order valence-electron chi connectivity index (χ1n) is 8.76. The van der Waals surface area contributed by atoms with E-state index in [0.717, 1.165) is 17.0 Å². The van der Waals surface area contributed by atoms with Gasteiger partial charge in [-0.25, -0.2) is 0 Å². The van der Waals surface area contributed by atoms with E-state index in [1.54, 1.807) is 11.7 Å². The second-order valence-corrected chi connectivity index (χ2v) is 7.54. The van der Waals surface area contributed by atoms with Crippen molar-refractivity contribution in [2.75, 3.05) is 19.5 Å². The van der Waals surface area contributed by atoms with Crippen LogP contribution in [-0.4, -0.2) is 50.5 Å². The van der Waals surface area contributed by atoms with E-state index >= 15 is 0 Å². The molecule has 0 aliphatic rings. The van der Waals surface area contributed by atoms with Gasteiger partial charge in [0.15, 0.2) is 10.9 Å². The average Bonchev–Trinajstić information content (AvgIpc) is 3.10. The predicted molar refractivity (Wildman–Crippen MR) is 104 cm³/mol. The fourth-order valence-electron chi connectivity index (χ4n) is 3.18. The zero-order chi connectivity index (χ0) is 20.1. The molecule has 9 heteroatoms. The Labute approximate surface area is 163 Å². The van der Waals surface area contributed by atoms with Gasteiger partial charge in [-0.05, 0) is 26.8 Å². The first-order valence-corrected chi connectivity index (χ1v) is 9.74. The van der Waals surface area contributed by atoms with Crippen molar-refractivity contribution in [3.05, 3.63) is 28.8 Å². The lowest BCUT2D eigenvalue weighted by Gasteiger charge is -2.17. The summed E-state index contributed by atoms with van der Waals surface area (Å²) < 4.78 is 9.16. The van der Waals surface area contributed by atoms with Crippen LogP contribution in [0.1, 0.15) is 47.0 Å². The van der Waals surface area contributed by atoms with E-state index in [1.165, 1.54) is 11.8 Å². The predicted octanol–water partition coefficient (Wildman–Crippen LogP) is 1.83. The zero-order valence-corrected chi connectivity index (χ0v) is 17.3. The number of aromatic nitrogens is 4. The highest BCUT2D eigenvalue weighted by atomic mass is 32.2. The van der Waals surface area contributed by atoms with E-state index in [9.17, 15) is 9.59 Å². The fraction of sp³-hybridized carbons (Fsp3) is 0.556. The molecule has 8 nitrogen and oxygen atoms in total. The van der Waals surface area contributed by atoms with E-state index in [1.807, 2.05) is 27.0 Å². The Bertz CT molecular complexity index is 827. The molecule has 0 fully saturated rings. The number of Topliss-reactive ketones (excluding diaryl/α,β-unsaturated/α-hetero) is 1. The number of hydrogen-bond acceptors (Lipinski definition) is 6. The number of hydrogen-bond donors (Lipinski definition) is 1. The minimum Gasteiger partial charge on any atom is -0.383 e. The maximum Gasteiger partial charge on any atom is 0.217 e. The number of nitrogens with two attached hydrogens (primary N) is 1. The van der Waals surface area contributed by atoms with E-state index < -0.39 is 0 Å². The van der Waals surface area contributed by atoms with Crippen LogP contribution in [-0.2, 0) is 23.0 Å². The van der Waals surface area contributed by atoms with Crippen molar-refractivity contribution in [1.29, 1.82) is 0 Å². The van der Waals surface area contributed by atoms with Crippen LogP contribution in [0, 0.1) is 13.8 Å². The third-order valence-electron chi connectivity index (χ3n) is 4.49. The van der Waals surface area contributed by atoms with Crippen LogP contribution in [0.25, 0.3) is 0 Å². The molecular weight excluding hydrogens is 366 g/mol. The minimum atomic E-state index is -0.375. The van der Waals surface area contributed by atoms with Crippen molar-refractivity contribution < 1.29 is 14.3 Å². The van der Waals surface area contributed by atoms with Gasteiger partial charge in [-0.3, -0.25) is 9.59 Å². The van der Waals surface area contributed by atoms with Gasteiger partial charge in [0.05, 0.1) is 18.4 Å². The van der Waals surface area contributed by atoms with Crippen LogP contribution in [0.3, 0.4) is 0 Å². The van der Waals surface area contributed by atoms with Gasteiger partial charge in [-0.2, -0.15) is 0 Å². The Kier molecular flexibility index (Phi) is 7.20. The van der Waals surface area contributed by atoms with E-state index in [-0.39, 0.29) is 29.9 Å². The molecule has 2 N–H and O–H groups in total. The molecule has 0 saturated carbocycles. The Morgan fingerprint density at radius 1 is 1.33 bits per heavy atom. The third-order valence-corrected chi connectivity index (χ3v) is 5.51. The molecule has 0 aliphatic heterocycles. The molecular formula is C18H27N5O3S. The Hall–Kier alpha value is -2.13. The Balaban J connectivity index is 2.06. The molecule has 0 aliphatic carbocycles. The third kappa shape index (κ3) is 4.98. The van der Waals surface area contributed by atoms with Gasteiger partial charge in [-0.1, -0.05) is 11.8 Å². The number of primary amides is 1. The van der Waals surface area contributed by atoms with Crippen LogP contribution >= 0.6 is 11.8 Å². The van der Waals surface area contributed by atoms with Gasteiger partial charge >= 0.3 is 0 Å². The van der Waals surface area contributed by atoms with Gasteiger partial charge in [0.2, 0.25) is 5.91 Å². The van der Waals surface area contributed by atoms with Gasteiger partial charge < -0.3 is 19.6 Å². The first kappa shape index (κ1) is 21.2. The molecule has 2 aromatic rings. The lowest BCUT2D eigenvalue weighted by molar-refractivity contribution is -0.118.